The zero-order valence-corrected chi connectivity index (χ0v) is 9.73. The van der Waals surface area contributed by atoms with E-state index in [4.69, 9.17) is 14.9 Å². The third kappa shape index (κ3) is 2.58. The molecule has 0 bridgehead atoms. The van der Waals surface area contributed by atoms with Gasteiger partial charge in [-0.25, -0.2) is 4.79 Å². The Morgan fingerprint density at radius 3 is 3.00 bits per heavy atom. The summed E-state index contributed by atoms with van der Waals surface area (Å²) in [6.45, 7) is 2.46. The molecule has 0 radical (unpaired) electrons. The lowest BCUT2D eigenvalue weighted by Crippen LogP contribution is -2.04. The predicted molar refractivity (Wildman–Crippen MR) is 65.8 cm³/mol. The molecule has 0 spiro atoms. The summed E-state index contributed by atoms with van der Waals surface area (Å²) in [6.07, 6.45) is 1.85. The fraction of sp³-hybridized carbons (Fsp3) is 0.308. The molecule has 1 aromatic heterocycles. The first-order chi connectivity index (χ1) is 8.20. The van der Waals surface area contributed by atoms with Gasteiger partial charge in [0.25, 0.3) is 0 Å². The minimum Gasteiger partial charge on any atom is -0.460 e. The summed E-state index contributed by atoms with van der Waals surface area (Å²) in [5.74, 6) is -0.199. The molecule has 4 heteroatoms. The fourth-order valence-corrected chi connectivity index (χ4v) is 1.54. The van der Waals surface area contributed by atoms with Crippen molar-refractivity contribution in [1.82, 2.24) is 0 Å². The first-order valence-corrected chi connectivity index (χ1v) is 5.67. The monoisotopic (exact) mass is 233 g/mol. The lowest BCUT2D eigenvalue weighted by atomic mass is 10.2. The Labute approximate surface area is 99.3 Å². The number of hydrogen-bond acceptors (Lipinski definition) is 4. The Morgan fingerprint density at radius 1 is 1.41 bits per heavy atom. The number of fused-ring (bicyclic) bond motifs is 1. The molecule has 2 aromatic rings. The van der Waals surface area contributed by atoms with Crippen molar-refractivity contribution in [2.75, 3.05) is 12.3 Å². The van der Waals surface area contributed by atoms with E-state index in [1.54, 1.807) is 24.3 Å². The first kappa shape index (κ1) is 11.5. The van der Waals surface area contributed by atoms with Crippen molar-refractivity contribution in [1.29, 1.82) is 0 Å². The van der Waals surface area contributed by atoms with Crippen LogP contribution >= 0.6 is 0 Å². The maximum atomic E-state index is 11.6. The van der Waals surface area contributed by atoms with E-state index >= 15 is 0 Å². The average Bonchev–Trinajstić information content (AvgIpc) is 2.72. The second kappa shape index (κ2) is 4.91. The van der Waals surface area contributed by atoms with Crippen molar-refractivity contribution >= 4 is 22.6 Å². The molecule has 0 fully saturated rings. The number of rotatable bonds is 4. The van der Waals surface area contributed by atoms with E-state index in [-0.39, 0.29) is 5.76 Å². The minimum absolute atomic E-state index is 0.224. The molecule has 0 amide bonds. The molecule has 1 aromatic carbocycles. The van der Waals surface area contributed by atoms with Crippen LogP contribution in [-0.4, -0.2) is 12.6 Å². The van der Waals surface area contributed by atoms with Gasteiger partial charge in [0, 0.05) is 11.1 Å². The van der Waals surface area contributed by atoms with Crippen LogP contribution in [0.5, 0.6) is 0 Å². The molecule has 0 aliphatic carbocycles. The Hall–Kier alpha value is -1.97. The normalized spacial score (nSPS) is 10.6. The summed E-state index contributed by atoms with van der Waals surface area (Å²) in [5.41, 5.74) is 6.93. The molecule has 0 saturated heterocycles. The number of furan rings is 1. The molecule has 1 heterocycles. The topological polar surface area (TPSA) is 65.5 Å². The van der Waals surface area contributed by atoms with Crippen LogP contribution in [0.15, 0.2) is 28.7 Å². The van der Waals surface area contributed by atoms with E-state index < -0.39 is 5.97 Å². The Morgan fingerprint density at radius 2 is 2.24 bits per heavy atom. The number of anilines is 1. The molecular formula is C13H15NO3. The van der Waals surface area contributed by atoms with Crippen molar-refractivity contribution in [3.63, 3.8) is 0 Å². The molecule has 0 aliphatic rings. The second-order valence-electron chi connectivity index (χ2n) is 3.90. The third-order valence-electron chi connectivity index (χ3n) is 2.47. The summed E-state index contributed by atoms with van der Waals surface area (Å²) in [6, 6.07) is 6.90. The van der Waals surface area contributed by atoms with Gasteiger partial charge < -0.3 is 14.9 Å². The zero-order chi connectivity index (χ0) is 12.3. The van der Waals surface area contributed by atoms with Crippen molar-refractivity contribution in [2.24, 2.45) is 0 Å². The minimum atomic E-state index is -0.423. The molecule has 2 rings (SSSR count). The van der Waals surface area contributed by atoms with E-state index in [0.717, 1.165) is 18.2 Å². The molecule has 0 atom stereocenters. The zero-order valence-electron chi connectivity index (χ0n) is 9.73. The quantitative estimate of drug-likeness (QED) is 0.501. The highest BCUT2D eigenvalue weighted by molar-refractivity contribution is 5.93. The highest BCUT2D eigenvalue weighted by Gasteiger charge is 2.13. The summed E-state index contributed by atoms with van der Waals surface area (Å²) >= 11 is 0. The second-order valence-corrected chi connectivity index (χ2v) is 3.90. The largest absolute Gasteiger partial charge is 0.460 e. The highest BCUT2D eigenvalue weighted by atomic mass is 16.5. The summed E-state index contributed by atoms with van der Waals surface area (Å²) in [4.78, 5) is 11.6. The SMILES string of the molecule is CCCCOC(=O)c1cc2cc(N)ccc2o1. The van der Waals surface area contributed by atoms with Gasteiger partial charge in [-0.15, -0.1) is 0 Å². The van der Waals surface area contributed by atoms with Crippen molar-refractivity contribution in [2.45, 2.75) is 19.8 Å². The number of esters is 1. The van der Waals surface area contributed by atoms with Crippen LogP contribution in [0.25, 0.3) is 11.0 Å². The lowest BCUT2D eigenvalue weighted by Gasteiger charge is -1.99. The van der Waals surface area contributed by atoms with Crippen LogP contribution < -0.4 is 5.73 Å². The van der Waals surface area contributed by atoms with E-state index in [1.807, 2.05) is 6.92 Å². The van der Waals surface area contributed by atoms with Crippen molar-refractivity contribution < 1.29 is 13.9 Å². The van der Waals surface area contributed by atoms with Crippen LogP contribution in [0.3, 0.4) is 0 Å². The van der Waals surface area contributed by atoms with Gasteiger partial charge in [-0.1, -0.05) is 13.3 Å². The average molecular weight is 233 g/mol. The highest BCUT2D eigenvalue weighted by Crippen LogP contribution is 2.22. The van der Waals surface area contributed by atoms with Crippen LogP contribution in [0.2, 0.25) is 0 Å². The lowest BCUT2D eigenvalue weighted by molar-refractivity contribution is 0.0466. The van der Waals surface area contributed by atoms with E-state index in [9.17, 15) is 4.79 Å². The number of ether oxygens (including phenoxy) is 1. The molecule has 90 valence electrons. The molecular weight excluding hydrogens is 218 g/mol. The Kier molecular flexibility index (Phi) is 3.32. The fourth-order valence-electron chi connectivity index (χ4n) is 1.54. The van der Waals surface area contributed by atoms with Crippen LogP contribution in [0.4, 0.5) is 5.69 Å². The maximum Gasteiger partial charge on any atom is 0.374 e. The number of unbranched alkanes of at least 4 members (excludes halogenated alkanes) is 1. The number of carbonyl (C=O) groups is 1. The van der Waals surface area contributed by atoms with Gasteiger partial charge in [0.05, 0.1) is 6.61 Å². The van der Waals surface area contributed by atoms with Crippen LogP contribution in [-0.2, 0) is 4.74 Å². The molecule has 17 heavy (non-hydrogen) atoms. The van der Waals surface area contributed by atoms with E-state index in [1.165, 1.54) is 0 Å². The Balaban J connectivity index is 2.15. The summed E-state index contributed by atoms with van der Waals surface area (Å²) in [5, 5.41) is 0.812. The molecule has 2 N–H and O–H groups in total. The molecule has 0 aliphatic heterocycles. The molecule has 4 nitrogen and oxygen atoms in total. The molecule has 0 saturated carbocycles. The van der Waals surface area contributed by atoms with Crippen molar-refractivity contribution in [3.8, 4) is 0 Å². The van der Waals surface area contributed by atoms with Gasteiger partial charge in [0.15, 0.2) is 0 Å². The summed E-state index contributed by atoms with van der Waals surface area (Å²) < 4.78 is 10.4. The van der Waals surface area contributed by atoms with Crippen molar-refractivity contribution in [3.05, 3.63) is 30.0 Å². The number of nitrogen functional groups attached to an aromatic ring is 1. The van der Waals surface area contributed by atoms with Crippen LogP contribution in [0, 0.1) is 0 Å². The van der Waals surface area contributed by atoms with E-state index in [2.05, 4.69) is 0 Å². The third-order valence-corrected chi connectivity index (χ3v) is 2.47. The predicted octanol–water partition coefficient (Wildman–Crippen LogP) is 2.97. The van der Waals surface area contributed by atoms with E-state index in [0.29, 0.717) is 17.9 Å². The summed E-state index contributed by atoms with van der Waals surface area (Å²) in [7, 11) is 0. The van der Waals surface area contributed by atoms with Gasteiger partial charge in [0.1, 0.15) is 5.58 Å². The maximum absolute atomic E-state index is 11.6. The number of hydrogen-bond donors (Lipinski definition) is 1. The number of benzene rings is 1. The number of carbonyl (C=O) groups excluding carboxylic acids is 1. The van der Waals surface area contributed by atoms with Gasteiger partial charge in [-0.2, -0.15) is 0 Å². The smallest absolute Gasteiger partial charge is 0.374 e. The Bertz CT molecular complexity index is 530. The first-order valence-electron chi connectivity index (χ1n) is 5.67. The van der Waals surface area contributed by atoms with Gasteiger partial charge in [0.2, 0.25) is 5.76 Å². The van der Waals surface area contributed by atoms with Crippen LogP contribution in [0.1, 0.15) is 30.3 Å². The van der Waals surface area contributed by atoms with Gasteiger partial charge in [-0.05, 0) is 30.7 Å². The van der Waals surface area contributed by atoms with Gasteiger partial charge in [-0.3, -0.25) is 0 Å². The number of nitrogens with two attached hydrogens (primary N) is 1. The molecule has 0 unspecified atom stereocenters. The van der Waals surface area contributed by atoms with Gasteiger partial charge >= 0.3 is 5.97 Å². The standard InChI is InChI=1S/C13H15NO3/c1-2-3-6-16-13(15)12-8-9-7-10(14)4-5-11(9)17-12/h4-5,7-8H,2-3,6,14H2,1H3.